The van der Waals surface area contributed by atoms with E-state index >= 15 is 0 Å². The molecule has 0 aliphatic heterocycles. The average molecular weight is 1110 g/mol. The summed E-state index contributed by atoms with van der Waals surface area (Å²) in [5.74, 6) is -0.904. The fourth-order valence-electron chi connectivity index (χ4n) is 7.14. The number of carbonyl (C=O) groups excluding carboxylic acids is 2. The summed E-state index contributed by atoms with van der Waals surface area (Å²) in [6.07, 6.45) is 94.9. The van der Waals surface area contributed by atoms with Crippen molar-refractivity contribution in [1.29, 1.82) is 0 Å². The molecule has 2 unspecified atom stereocenters. The Morgan fingerprint density at radius 2 is 0.658 bits per heavy atom. The van der Waals surface area contributed by atoms with Gasteiger partial charge in [-0.15, -0.1) is 0 Å². The van der Waals surface area contributed by atoms with Gasteiger partial charge >= 0.3 is 19.8 Å². The molecule has 9 nitrogen and oxygen atoms in total. The predicted octanol–water partition coefficient (Wildman–Crippen LogP) is 19.4. The van der Waals surface area contributed by atoms with E-state index in [1.807, 2.05) is 0 Å². The number of phosphoric acid groups is 1. The van der Waals surface area contributed by atoms with E-state index in [-0.39, 0.29) is 32.6 Å². The molecule has 0 rings (SSSR count). The van der Waals surface area contributed by atoms with Crippen molar-refractivity contribution in [2.75, 3.05) is 26.4 Å². The largest absolute Gasteiger partial charge is 0.472 e. The summed E-state index contributed by atoms with van der Waals surface area (Å²) < 4.78 is 32.9. The Morgan fingerprint density at radius 3 is 0.962 bits per heavy atom. The summed E-state index contributed by atoms with van der Waals surface area (Å²) in [4.78, 5) is 35.1. The van der Waals surface area contributed by atoms with Crippen molar-refractivity contribution < 1.29 is 37.6 Å². The number of rotatable bonds is 53. The number of ether oxygens (including phenoxy) is 2. The maximum Gasteiger partial charge on any atom is 0.472 e. The second-order valence-electron chi connectivity index (χ2n) is 18.7. The van der Waals surface area contributed by atoms with Crippen LogP contribution in [0.15, 0.2) is 194 Å². The van der Waals surface area contributed by atoms with Gasteiger partial charge in [0.1, 0.15) is 6.61 Å². The molecule has 0 saturated heterocycles. The van der Waals surface area contributed by atoms with Gasteiger partial charge < -0.3 is 20.1 Å². The molecular formula is C69H106NO8P. The number of nitrogens with two attached hydrogens (primary N) is 1. The van der Waals surface area contributed by atoms with Crippen molar-refractivity contribution in [2.45, 2.75) is 200 Å². The van der Waals surface area contributed by atoms with Gasteiger partial charge in [-0.1, -0.05) is 234 Å². The molecule has 0 aliphatic rings. The van der Waals surface area contributed by atoms with Gasteiger partial charge in [0, 0.05) is 19.4 Å². The van der Waals surface area contributed by atoms with Crippen molar-refractivity contribution in [3.8, 4) is 0 Å². The second-order valence-corrected chi connectivity index (χ2v) is 20.2. The number of unbranched alkanes of at least 4 members (excludes halogenated alkanes) is 8. The molecule has 0 spiro atoms. The number of carbonyl (C=O) groups is 2. The lowest BCUT2D eigenvalue weighted by molar-refractivity contribution is -0.161. The summed E-state index contributed by atoms with van der Waals surface area (Å²) in [5, 5.41) is 0. The molecule has 0 heterocycles. The molecule has 79 heavy (non-hydrogen) atoms. The van der Waals surface area contributed by atoms with Gasteiger partial charge in [0.25, 0.3) is 0 Å². The molecule has 0 radical (unpaired) electrons. The third-order valence-corrected chi connectivity index (χ3v) is 12.5. The molecule has 3 N–H and O–H groups in total. The van der Waals surface area contributed by atoms with Crippen LogP contribution in [0.3, 0.4) is 0 Å². The minimum absolute atomic E-state index is 0.0341. The first-order chi connectivity index (χ1) is 38.8. The van der Waals surface area contributed by atoms with Crippen LogP contribution in [0.2, 0.25) is 0 Å². The van der Waals surface area contributed by atoms with Crippen LogP contribution in [-0.2, 0) is 32.7 Å². The van der Waals surface area contributed by atoms with Crippen LogP contribution in [0.25, 0.3) is 0 Å². The zero-order valence-corrected chi connectivity index (χ0v) is 49.9. The van der Waals surface area contributed by atoms with E-state index in [1.165, 1.54) is 0 Å². The van der Waals surface area contributed by atoms with Gasteiger partial charge in [0.15, 0.2) is 6.10 Å². The Hall–Kier alpha value is -5.15. The lowest BCUT2D eigenvalue weighted by Crippen LogP contribution is -2.29. The summed E-state index contributed by atoms with van der Waals surface area (Å²) in [6.45, 7) is 3.41. The number of esters is 2. The minimum Gasteiger partial charge on any atom is -0.462 e. The fourth-order valence-corrected chi connectivity index (χ4v) is 7.90. The van der Waals surface area contributed by atoms with Crippen LogP contribution in [0.5, 0.6) is 0 Å². The van der Waals surface area contributed by atoms with E-state index < -0.39 is 32.5 Å². The van der Waals surface area contributed by atoms with Gasteiger partial charge in [-0.3, -0.25) is 18.6 Å². The molecule has 0 aromatic rings. The van der Waals surface area contributed by atoms with Crippen molar-refractivity contribution in [3.63, 3.8) is 0 Å². The molecule has 0 fully saturated rings. The highest BCUT2D eigenvalue weighted by Gasteiger charge is 2.26. The summed E-state index contributed by atoms with van der Waals surface area (Å²) in [5.41, 5.74) is 5.37. The molecule has 0 aromatic heterocycles. The maximum atomic E-state index is 12.7. The molecule has 10 heteroatoms. The van der Waals surface area contributed by atoms with E-state index in [0.29, 0.717) is 12.8 Å². The van der Waals surface area contributed by atoms with E-state index in [1.54, 1.807) is 0 Å². The number of hydrogen-bond acceptors (Lipinski definition) is 8. The van der Waals surface area contributed by atoms with E-state index in [4.69, 9.17) is 24.3 Å². The van der Waals surface area contributed by atoms with E-state index in [9.17, 15) is 19.0 Å². The Labute approximate surface area is 481 Å². The number of phosphoric ester groups is 1. The lowest BCUT2D eigenvalue weighted by atomic mass is 10.1. The first kappa shape index (κ1) is 73.8. The zero-order chi connectivity index (χ0) is 57.3. The smallest absolute Gasteiger partial charge is 0.462 e. The second kappa shape index (κ2) is 62.1. The highest BCUT2D eigenvalue weighted by molar-refractivity contribution is 7.47. The number of hydrogen-bond donors (Lipinski definition) is 2. The molecular weight excluding hydrogens is 1000 g/mol. The predicted molar refractivity (Wildman–Crippen MR) is 338 cm³/mol. The molecule has 0 saturated carbocycles. The quantitative estimate of drug-likeness (QED) is 0.0264. The van der Waals surface area contributed by atoms with E-state index in [0.717, 1.165) is 154 Å². The number of allylic oxidation sites excluding steroid dienone is 32. The minimum atomic E-state index is -4.42. The monoisotopic (exact) mass is 1110 g/mol. The molecule has 0 bridgehead atoms. The molecule has 0 aromatic carbocycles. The SMILES string of the molecule is CC/C=C\C/C=C\C/C=C\C/C=C\C/C=C\C/C=C\C/C=C\C/C=C\C/C=C\C/C=C\C/C=C\C/C=C\CCCCCCC(=O)OC(COC(=O)CCCCCC/C=C\C/C=C\C/C=C\C/C=C\CC)COP(=O)(O)OCCN. The summed E-state index contributed by atoms with van der Waals surface area (Å²) >= 11 is 0. The summed E-state index contributed by atoms with van der Waals surface area (Å²) in [6, 6.07) is 0. The maximum absolute atomic E-state index is 12.7. The Morgan fingerprint density at radius 1 is 0.380 bits per heavy atom. The highest BCUT2D eigenvalue weighted by atomic mass is 31.2. The van der Waals surface area contributed by atoms with Crippen LogP contribution in [0.1, 0.15) is 194 Å². The van der Waals surface area contributed by atoms with Gasteiger partial charge in [0.2, 0.25) is 0 Å². The van der Waals surface area contributed by atoms with Crippen molar-refractivity contribution in [1.82, 2.24) is 0 Å². The molecule has 2 atom stereocenters. The standard InChI is InChI=1S/C69H106NO8P/c1-3-5-7-9-11-13-15-17-19-21-22-23-24-25-26-27-28-29-30-31-32-33-34-35-36-37-38-39-40-41-42-43-44-46-48-50-52-54-56-58-60-62-69(72)78-67(66-77-79(73,74)76-64-63-70)65-75-68(71)61-59-57-55-53-51-49-47-45-20-18-16-14-12-10-8-6-4-2/h5-8,11-14,17-20,22-23,25-26,28-29,31-32,34-35,37-38,40-41,43-44,47-50,67H,3-4,9-10,15-16,21,24,27,30,33,36,39,42,45-46,51-66,70H2,1-2H3,(H,73,74)/b7-5-,8-6-,13-11-,14-12-,19-17-,20-18-,23-22-,26-25-,29-28-,32-31-,35-34-,38-37-,41-40-,44-43-,49-47-,50-48-. The van der Waals surface area contributed by atoms with E-state index in [2.05, 4.69) is 208 Å². The van der Waals surface area contributed by atoms with Crippen LogP contribution in [0, 0.1) is 0 Å². The zero-order valence-electron chi connectivity index (χ0n) is 49.0. The first-order valence-corrected chi connectivity index (χ1v) is 31.4. The average Bonchev–Trinajstić information content (AvgIpc) is 3.44. The third-order valence-electron chi connectivity index (χ3n) is 11.5. The van der Waals surface area contributed by atoms with Gasteiger partial charge in [-0.2, -0.15) is 0 Å². The van der Waals surface area contributed by atoms with Gasteiger partial charge in [0.05, 0.1) is 13.2 Å². The van der Waals surface area contributed by atoms with Gasteiger partial charge in [-0.25, -0.2) is 4.57 Å². The van der Waals surface area contributed by atoms with Crippen molar-refractivity contribution in [3.05, 3.63) is 194 Å². The van der Waals surface area contributed by atoms with Crippen LogP contribution >= 0.6 is 7.82 Å². The Bertz CT molecular complexity index is 1990. The molecule has 0 amide bonds. The Balaban J connectivity index is 4.10. The van der Waals surface area contributed by atoms with Gasteiger partial charge in [-0.05, 0) is 141 Å². The molecule has 440 valence electrons. The van der Waals surface area contributed by atoms with Crippen molar-refractivity contribution in [2.24, 2.45) is 5.73 Å². The lowest BCUT2D eigenvalue weighted by Gasteiger charge is -2.19. The fraction of sp³-hybridized carbons (Fsp3) is 0.507. The highest BCUT2D eigenvalue weighted by Crippen LogP contribution is 2.43. The van der Waals surface area contributed by atoms with Crippen LogP contribution in [0.4, 0.5) is 0 Å². The normalized spacial score (nSPS) is 14.4. The third kappa shape index (κ3) is 61.9. The molecule has 0 aliphatic carbocycles. The van der Waals surface area contributed by atoms with Crippen molar-refractivity contribution >= 4 is 19.8 Å². The topological polar surface area (TPSA) is 134 Å². The van der Waals surface area contributed by atoms with Crippen LogP contribution < -0.4 is 5.73 Å². The first-order valence-electron chi connectivity index (χ1n) is 29.9. The van der Waals surface area contributed by atoms with Crippen LogP contribution in [-0.4, -0.2) is 49.3 Å². The Kier molecular flexibility index (Phi) is 58.0. The summed E-state index contributed by atoms with van der Waals surface area (Å²) in [7, 11) is -4.42.